The Morgan fingerprint density at radius 2 is 1.44 bits per heavy atom. The van der Waals surface area contributed by atoms with Crippen molar-refractivity contribution in [1.29, 1.82) is 0 Å². The van der Waals surface area contributed by atoms with Crippen LogP contribution in [0.3, 0.4) is 0 Å². The highest BCUT2D eigenvalue weighted by molar-refractivity contribution is 6.20. The number of hydrogen-bond donors (Lipinski definition) is 1. The van der Waals surface area contributed by atoms with Gasteiger partial charge >= 0.3 is 7.69 Å². The van der Waals surface area contributed by atoms with Crippen molar-refractivity contribution in [3.05, 3.63) is 66.7 Å². The summed E-state index contributed by atoms with van der Waals surface area (Å²) in [5.41, 5.74) is 3.22. The summed E-state index contributed by atoms with van der Waals surface area (Å²) in [5, 5.41) is 15.3. The molecular weight excluding hydrogens is 339 g/mol. The van der Waals surface area contributed by atoms with Crippen LogP contribution in [0.5, 0.6) is 5.75 Å². The topological polar surface area (TPSA) is 55.7 Å². The van der Waals surface area contributed by atoms with Crippen LogP contribution in [0, 0.1) is 0 Å². The normalized spacial score (nSPS) is 11.9. The first-order valence-corrected chi connectivity index (χ1v) is 8.76. The zero-order valence-corrected chi connectivity index (χ0v) is 14.2. The number of fused-ring (bicyclic) bond motifs is 8. The van der Waals surface area contributed by atoms with Crippen LogP contribution in [0.25, 0.3) is 54.6 Å². The molecule has 0 saturated carbocycles. The van der Waals surface area contributed by atoms with Gasteiger partial charge < -0.3 is 18.5 Å². The van der Waals surface area contributed by atoms with Crippen molar-refractivity contribution in [2.45, 2.75) is 0 Å². The Labute approximate surface area is 153 Å². The second-order valence-corrected chi connectivity index (χ2v) is 6.65. The third kappa shape index (κ3) is 2.03. The molecule has 0 aliphatic carbocycles. The molecule has 2 heterocycles. The van der Waals surface area contributed by atoms with Crippen LogP contribution >= 0.6 is 0 Å². The van der Waals surface area contributed by atoms with Crippen LogP contribution < -0.4 is 4.65 Å². The fraction of sp³-hybridized carbons (Fsp3) is 0. The Bertz CT molecular complexity index is 1490. The Hall–Kier alpha value is -3.44. The highest BCUT2D eigenvalue weighted by Crippen LogP contribution is 2.39. The molecule has 6 aromatic rings. The maximum Gasteiger partial charge on any atom is 0.504 e. The van der Waals surface area contributed by atoms with E-state index in [2.05, 4.69) is 24.3 Å². The van der Waals surface area contributed by atoms with Gasteiger partial charge in [-0.1, -0.05) is 24.3 Å². The van der Waals surface area contributed by atoms with E-state index in [1.165, 1.54) is 0 Å². The van der Waals surface area contributed by atoms with Crippen LogP contribution in [0.4, 0.5) is 0 Å². The van der Waals surface area contributed by atoms with E-state index in [1.54, 1.807) is 0 Å². The number of benzene rings is 4. The summed E-state index contributed by atoms with van der Waals surface area (Å²) in [6, 6.07) is 22.0. The molecule has 27 heavy (non-hydrogen) atoms. The summed E-state index contributed by atoms with van der Waals surface area (Å²) in [5.74, 6) is 0.636. The smallest absolute Gasteiger partial charge is 0.504 e. The molecule has 0 bridgehead atoms. The van der Waals surface area contributed by atoms with E-state index in [0.29, 0.717) is 5.75 Å². The van der Waals surface area contributed by atoms with Crippen LogP contribution in [-0.2, 0) is 0 Å². The third-order valence-electron chi connectivity index (χ3n) is 5.14. The molecule has 0 saturated heterocycles. The zero-order valence-electron chi connectivity index (χ0n) is 14.2. The minimum Gasteiger partial charge on any atom is -0.539 e. The van der Waals surface area contributed by atoms with Gasteiger partial charge in [0, 0.05) is 21.5 Å². The first-order chi connectivity index (χ1) is 13.3. The van der Waals surface area contributed by atoms with Gasteiger partial charge in [0.2, 0.25) is 0 Å². The van der Waals surface area contributed by atoms with Crippen LogP contribution in [-0.4, -0.2) is 12.7 Å². The molecule has 2 aromatic heterocycles. The molecule has 6 rings (SSSR count). The van der Waals surface area contributed by atoms with Gasteiger partial charge in [-0.3, -0.25) is 0 Å². The average Bonchev–Trinajstić information content (AvgIpc) is 3.24. The molecule has 1 N–H and O–H groups in total. The van der Waals surface area contributed by atoms with E-state index in [-0.39, 0.29) is 7.69 Å². The van der Waals surface area contributed by atoms with Gasteiger partial charge in [0.05, 0.1) is 0 Å². The summed E-state index contributed by atoms with van der Waals surface area (Å²) in [6.07, 6.45) is 0. The molecule has 0 spiro atoms. The molecule has 4 nitrogen and oxygen atoms in total. The van der Waals surface area contributed by atoms with Crippen molar-refractivity contribution in [3.63, 3.8) is 0 Å². The third-order valence-corrected chi connectivity index (χ3v) is 5.14. The second-order valence-electron chi connectivity index (χ2n) is 6.65. The number of rotatable bonds is 2. The summed E-state index contributed by atoms with van der Waals surface area (Å²) >= 11 is 0. The first kappa shape index (κ1) is 14.7. The average molecular weight is 352 g/mol. The fourth-order valence-electron chi connectivity index (χ4n) is 3.90. The van der Waals surface area contributed by atoms with Gasteiger partial charge in [-0.2, -0.15) is 0 Å². The highest BCUT2D eigenvalue weighted by atomic mass is 16.5. The lowest BCUT2D eigenvalue weighted by atomic mass is 10.0. The lowest BCUT2D eigenvalue weighted by molar-refractivity contribution is 0.454. The summed E-state index contributed by atoms with van der Waals surface area (Å²) in [6.45, 7) is 0. The second kappa shape index (κ2) is 5.28. The molecule has 0 radical (unpaired) electrons. The summed E-state index contributed by atoms with van der Waals surface area (Å²) < 4.78 is 17.5. The van der Waals surface area contributed by atoms with Gasteiger partial charge in [-0.05, 0) is 53.2 Å². The lowest BCUT2D eigenvalue weighted by Gasteiger charge is -2.04. The number of para-hydroxylation sites is 1. The lowest BCUT2D eigenvalue weighted by Crippen LogP contribution is -1.99. The fourth-order valence-corrected chi connectivity index (χ4v) is 3.90. The van der Waals surface area contributed by atoms with Crippen molar-refractivity contribution in [2.24, 2.45) is 0 Å². The van der Waals surface area contributed by atoms with Crippen molar-refractivity contribution >= 4 is 62.3 Å². The van der Waals surface area contributed by atoms with Crippen molar-refractivity contribution < 1.29 is 18.5 Å². The van der Waals surface area contributed by atoms with Crippen molar-refractivity contribution in [1.82, 2.24) is 0 Å². The quantitative estimate of drug-likeness (QED) is 0.431. The van der Waals surface area contributed by atoms with E-state index in [4.69, 9.17) is 18.5 Å². The highest BCUT2D eigenvalue weighted by Gasteiger charge is 2.16. The molecular formula is C22H13BO4. The van der Waals surface area contributed by atoms with Gasteiger partial charge in [-0.15, -0.1) is 0 Å². The SMILES string of the molecule is OBOc1ccc2cc3oc4c(ccc5c6ccccc6oc54)c3cc2c1. The minimum absolute atomic E-state index is 0.341. The molecule has 0 atom stereocenters. The molecule has 5 heteroatoms. The molecule has 0 unspecified atom stereocenters. The van der Waals surface area contributed by atoms with Gasteiger partial charge in [0.15, 0.2) is 11.2 Å². The molecule has 0 aliphatic rings. The summed E-state index contributed by atoms with van der Waals surface area (Å²) in [7, 11) is -0.341. The summed E-state index contributed by atoms with van der Waals surface area (Å²) in [4.78, 5) is 0. The molecule has 0 fully saturated rings. The van der Waals surface area contributed by atoms with Gasteiger partial charge in [0.25, 0.3) is 0 Å². The Balaban J connectivity index is 1.71. The van der Waals surface area contributed by atoms with E-state index in [0.717, 1.165) is 54.6 Å². The largest absolute Gasteiger partial charge is 0.539 e. The Kier molecular flexibility index (Phi) is 2.88. The maximum absolute atomic E-state index is 8.98. The van der Waals surface area contributed by atoms with E-state index >= 15 is 0 Å². The van der Waals surface area contributed by atoms with E-state index in [1.807, 2.05) is 42.5 Å². The van der Waals surface area contributed by atoms with E-state index in [9.17, 15) is 0 Å². The molecule has 0 aliphatic heterocycles. The molecule has 0 amide bonds. The number of hydrogen-bond acceptors (Lipinski definition) is 4. The molecule has 128 valence electrons. The van der Waals surface area contributed by atoms with E-state index < -0.39 is 0 Å². The Morgan fingerprint density at radius 3 is 2.30 bits per heavy atom. The first-order valence-electron chi connectivity index (χ1n) is 8.76. The van der Waals surface area contributed by atoms with Crippen LogP contribution in [0.15, 0.2) is 75.6 Å². The minimum atomic E-state index is -0.341. The predicted octanol–water partition coefficient (Wildman–Crippen LogP) is 5.28. The molecule has 4 aromatic carbocycles. The van der Waals surface area contributed by atoms with Crippen LogP contribution in [0.1, 0.15) is 0 Å². The standard InChI is InChI=1S/C22H13BO4/c24-23-27-14-6-5-12-11-20-18(10-13(12)9-14)17-8-7-16-15-3-1-2-4-19(15)25-21(16)22(17)26-20/h1-11,23-24H. The van der Waals surface area contributed by atoms with Gasteiger partial charge in [-0.25, -0.2) is 0 Å². The monoisotopic (exact) mass is 352 g/mol. The predicted molar refractivity (Wildman–Crippen MR) is 108 cm³/mol. The maximum atomic E-state index is 8.98. The van der Waals surface area contributed by atoms with Crippen LogP contribution in [0.2, 0.25) is 0 Å². The van der Waals surface area contributed by atoms with Crippen molar-refractivity contribution in [3.8, 4) is 5.75 Å². The zero-order chi connectivity index (χ0) is 18.0. The number of furan rings is 2. The van der Waals surface area contributed by atoms with Crippen molar-refractivity contribution in [2.75, 3.05) is 0 Å². The Morgan fingerprint density at radius 1 is 0.667 bits per heavy atom. The van der Waals surface area contributed by atoms with Gasteiger partial charge in [0.1, 0.15) is 16.9 Å².